The molecule has 1 aliphatic heterocycles. The molecule has 1 atom stereocenters. The molecule has 1 amide bonds. The van der Waals surface area contributed by atoms with E-state index in [0.717, 1.165) is 24.7 Å². The molecule has 0 unspecified atom stereocenters. The van der Waals surface area contributed by atoms with E-state index in [1.54, 1.807) is 16.7 Å². The summed E-state index contributed by atoms with van der Waals surface area (Å²) in [7, 11) is 0. The highest BCUT2D eigenvalue weighted by atomic mass is 32.2. The number of rotatable bonds is 3. The highest BCUT2D eigenvalue weighted by Crippen LogP contribution is 2.28. The number of amidine groups is 1. The Morgan fingerprint density at radius 1 is 1.46 bits per heavy atom. The average molecular weight is 200 g/mol. The Morgan fingerprint density at radius 3 is 2.62 bits per heavy atom. The molecule has 74 valence electrons. The Kier molecular flexibility index (Phi) is 3.78. The number of amides is 1. The van der Waals surface area contributed by atoms with Crippen LogP contribution in [0, 0.1) is 0 Å². The summed E-state index contributed by atoms with van der Waals surface area (Å²) in [5.74, 6) is 0.224. The van der Waals surface area contributed by atoms with Gasteiger partial charge >= 0.3 is 0 Å². The number of carbonyl (C=O) groups excluding carboxylic acids is 1. The molecule has 4 heteroatoms. The minimum absolute atomic E-state index is 0.102. The summed E-state index contributed by atoms with van der Waals surface area (Å²) in [6.07, 6.45) is 0.892. The zero-order valence-corrected chi connectivity index (χ0v) is 9.23. The van der Waals surface area contributed by atoms with Gasteiger partial charge in [0, 0.05) is 13.1 Å². The molecule has 0 aromatic heterocycles. The molecule has 1 heterocycles. The van der Waals surface area contributed by atoms with Crippen LogP contribution in [0.15, 0.2) is 4.99 Å². The number of carbonyl (C=O) groups is 1. The second-order valence-corrected chi connectivity index (χ2v) is 4.02. The van der Waals surface area contributed by atoms with Crippen molar-refractivity contribution in [2.75, 3.05) is 13.1 Å². The lowest BCUT2D eigenvalue weighted by Gasteiger charge is -2.12. The number of nitrogens with zero attached hydrogens (tertiary/aromatic N) is 2. The fourth-order valence-electron chi connectivity index (χ4n) is 1.32. The summed E-state index contributed by atoms with van der Waals surface area (Å²) in [6.45, 7) is 7.51. The first kappa shape index (κ1) is 10.6. The zero-order valence-electron chi connectivity index (χ0n) is 8.41. The fraction of sp³-hybridized carbons (Fsp3) is 0.778. The summed E-state index contributed by atoms with van der Waals surface area (Å²) in [5.41, 5.74) is 0. The van der Waals surface area contributed by atoms with Gasteiger partial charge in [-0.25, -0.2) is 0 Å². The summed E-state index contributed by atoms with van der Waals surface area (Å²) < 4.78 is 0. The summed E-state index contributed by atoms with van der Waals surface area (Å²) in [6, 6.07) is 0. The van der Waals surface area contributed by atoms with Crippen molar-refractivity contribution < 1.29 is 4.79 Å². The van der Waals surface area contributed by atoms with Crippen LogP contribution < -0.4 is 0 Å². The molecule has 3 nitrogen and oxygen atoms in total. The Balaban J connectivity index is 2.78. The molecule has 1 saturated heterocycles. The SMILES string of the molecule is CCN=C1S[C@H](CC)C(=O)N1CC. The standard InChI is InChI=1S/C9H16N2OS/c1-4-7-8(12)11(6-3)9(13-7)10-5-2/h7H,4-6H2,1-3H3/t7-/m1/s1. The van der Waals surface area contributed by atoms with E-state index in [9.17, 15) is 4.79 Å². The van der Waals surface area contributed by atoms with E-state index >= 15 is 0 Å². The first-order valence-electron chi connectivity index (χ1n) is 4.77. The lowest BCUT2D eigenvalue weighted by Crippen LogP contribution is -2.31. The van der Waals surface area contributed by atoms with Crippen LogP contribution in [-0.2, 0) is 4.79 Å². The monoisotopic (exact) mass is 200 g/mol. The van der Waals surface area contributed by atoms with Crippen molar-refractivity contribution in [3.05, 3.63) is 0 Å². The molecule has 1 fully saturated rings. The quantitative estimate of drug-likeness (QED) is 0.695. The van der Waals surface area contributed by atoms with E-state index < -0.39 is 0 Å². The van der Waals surface area contributed by atoms with Crippen LogP contribution in [0.3, 0.4) is 0 Å². The molecule has 0 bridgehead atoms. The molecular formula is C9H16N2OS. The predicted octanol–water partition coefficient (Wildman–Crippen LogP) is 1.74. The van der Waals surface area contributed by atoms with Crippen LogP contribution >= 0.6 is 11.8 Å². The molecular weight excluding hydrogens is 184 g/mol. The first-order chi connectivity index (χ1) is 6.24. The van der Waals surface area contributed by atoms with Gasteiger partial charge in [-0.2, -0.15) is 0 Å². The maximum Gasteiger partial charge on any atom is 0.242 e. The molecule has 0 N–H and O–H groups in total. The van der Waals surface area contributed by atoms with E-state index in [1.807, 2.05) is 20.8 Å². The lowest BCUT2D eigenvalue weighted by atomic mass is 10.3. The first-order valence-corrected chi connectivity index (χ1v) is 5.65. The van der Waals surface area contributed by atoms with Gasteiger partial charge in [0.25, 0.3) is 0 Å². The molecule has 1 aliphatic rings. The third-order valence-corrected chi connectivity index (χ3v) is 3.38. The molecule has 0 aromatic carbocycles. The van der Waals surface area contributed by atoms with Gasteiger partial charge in [-0.15, -0.1) is 0 Å². The second kappa shape index (κ2) is 4.65. The van der Waals surface area contributed by atoms with E-state index in [0.29, 0.717) is 0 Å². The van der Waals surface area contributed by atoms with Gasteiger partial charge in [0.2, 0.25) is 5.91 Å². The van der Waals surface area contributed by atoms with Crippen LogP contribution in [0.1, 0.15) is 27.2 Å². The number of aliphatic imine (C=N–C) groups is 1. The van der Waals surface area contributed by atoms with E-state index in [-0.39, 0.29) is 11.2 Å². The van der Waals surface area contributed by atoms with Crippen molar-refractivity contribution in [3.8, 4) is 0 Å². The Hall–Kier alpha value is -0.510. The van der Waals surface area contributed by atoms with Gasteiger partial charge < -0.3 is 0 Å². The van der Waals surface area contributed by atoms with Crippen LogP contribution in [-0.4, -0.2) is 34.3 Å². The highest BCUT2D eigenvalue weighted by Gasteiger charge is 2.35. The fourth-order valence-corrected chi connectivity index (χ4v) is 2.52. The average Bonchev–Trinajstić information content (AvgIpc) is 2.43. The summed E-state index contributed by atoms with van der Waals surface area (Å²) in [4.78, 5) is 17.8. The minimum Gasteiger partial charge on any atom is -0.291 e. The van der Waals surface area contributed by atoms with Crippen LogP contribution in [0.5, 0.6) is 0 Å². The third kappa shape index (κ3) is 2.05. The van der Waals surface area contributed by atoms with Crippen molar-refractivity contribution in [2.45, 2.75) is 32.4 Å². The van der Waals surface area contributed by atoms with Gasteiger partial charge in [-0.1, -0.05) is 18.7 Å². The minimum atomic E-state index is 0.102. The second-order valence-electron chi connectivity index (χ2n) is 2.85. The van der Waals surface area contributed by atoms with Gasteiger partial charge in [0.1, 0.15) is 0 Å². The largest absolute Gasteiger partial charge is 0.291 e. The lowest BCUT2D eigenvalue weighted by molar-refractivity contribution is -0.126. The van der Waals surface area contributed by atoms with E-state index in [1.165, 1.54) is 0 Å². The van der Waals surface area contributed by atoms with Crippen LogP contribution in [0.4, 0.5) is 0 Å². The van der Waals surface area contributed by atoms with Crippen molar-refractivity contribution in [3.63, 3.8) is 0 Å². The summed E-state index contributed by atoms with van der Waals surface area (Å²) >= 11 is 1.60. The van der Waals surface area contributed by atoms with Gasteiger partial charge in [0.05, 0.1) is 5.25 Å². The van der Waals surface area contributed by atoms with Crippen LogP contribution in [0.2, 0.25) is 0 Å². The Bertz CT molecular complexity index is 228. The maximum absolute atomic E-state index is 11.7. The van der Waals surface area contributed by atoms with E-state index in [2.05, 4.69) is 4.99 Å². The number of hydrogen-bond acceptors (Lipinski definition) is 3. The zero-order chi connectivity index (χ0) is 9.84. The molecule has 13 heavy (non-hydrogen) atoms. The normalized spacial score (nSPS) is 26.1. The maximum atomic E-state index is 11.7. The Morgan fingerprint density at radius 2 is 2.15 bits per heavy atom. The smallest absolute Gasteiger partial charge is 0.242 e. The van der Waals surface area contributed by atoms with Crippen molar-refractivity contribution in [1.82, 2.24) is 4.90 Å². The number of thioether (sulfide) groups is 1. The van der Waals surface area contributed by atoms with Crippen molar-refractivity contribution in [1.29, 1.82) is 0 Å². The van der Waals surface area contributed by atoms with Crippen LogP contribution in [0.25, 0.3) is 0 Å². The van der Waals surface area contributed by atoms with Crippen molar-refractivity contribution in [2.24, 2.45) is 4.99 Å². The predicted molar refractivity (Wildman–Crippen MR) is 57.0 cm³/mol. The van der Waals surface area contributed by atoms with E-state index in [4.69, 9.17) is 0 Å². The van der Waals surface area contributed by atoms with Gasteiger partial charge in [-0.05, 0) is 20.3 Å². The Labute approximate surface area is 83.6 Å². The highest BCUT2D eigenvalue weighted by molar-refractivity contribution is 8.15. The third-order valence-electron chi connectivity index (χ3n) is 2.00. The van der Waals surface area contributed by atoms with Crippen molar-refractivity contribution >= 4 is 22.8 Å². The van der Waals surface area contributed by atoms with Gasteiger partial charge in [-0.3, -0.25) is 14.7 Å². The molecule has 0 spiro atoms. The number of hydrogen-bond donors (Lipinski definition) is 0. The summed E-state index contributed by atoms with van der Waals surface area (Å²) in [5, 5.41) is 1.01. The molecule has 0 radical (unpaired) electrons. The molecule has 0 aliphatic carbocycles. The molecule has 1 rings (SSSR count). The van der Waals surface area contributed by atoms with Gasteiger partial charge in [0.15, 0.2) is 5.17 Å². The topological polar surface area (TPSA) is 32.7 Å². The molecule has 0 aromatic rings. The molecule has 0 saturated carbocycles.